The lowest BCUT2D eigenvalue weighted by molar-refractivity contribution is -0.164. The summed E-state index contributed by atoms with van der Waals surface area (Å²) in [6.45, 7) is 9.63. The maximum absolute atomic E-state index is 13.3. The lowest BCUT2D eigenvalue weighted by Gasteiger charge is -2.30. The number of esters is 1. The first-order valence-electron chi connectivity index (χ1n) is 13.0. The van der Waals surface area contributed by atoms with Gasteiger partial charge in [0.15, 0.2) is 12.2 Å². The van der Waals surface area contributed by atoms with Crippen LogP contribution >= 0.6 is 11.6 Å². The van der Waals surface area contributed by atoms with Crippen LogP contribution in [0.15, 0.2) is 29.4 Å². The Balaban J connectivity index is 1.91. The van der Waals surface area contributed by atoms with Gasteiger partial charge < -0.3 is 19.7 Å². The largest absolute Gasteiger partial charge is 0.454 e. The topological polar surface area (TPSA) is 109 Å². The summed E-state index contributed by atoms with van der Waals surface area (Å²) in [5.41, 5.74) is -1.19. The molecular weight excluding hydrogens is 482 g/mol. The fourth-order valence-corrected chi connectivity index (χ4v) is 5.50. The Hall–Kier alpha value is -1.80. The van der Waals surface area contributed by atoms with Crippen LogP contribution in [0.5, 0.6) is 0 Å². The molecule has 0 bridgehead atoms. The molecular formula is C28H40ClNO6. The summed E-state index contributed by atoms with van der Waals surface area (Å²) in [4.78, 5) is 30.5. The minimum Gasteiger partial charge on any atom is -0.454 e. The molecule has 0 aromatic carbocycles. The minimum absolute atomic E-state index is 0.0111. The van der Waals surface area contributed by atoms with E-state index in [4.69, 9.17) is 21.1 Å². The van der Waals surface area contributed by atoms with E-state index < -0.39 is 35.0 Å². The van der Waals surface area contributed by atoms with Crippen LogP contribution in [0.2, 0.25) is 0 Å². The first-order chi connectivity index (χ1) is 16.8. The number of fused-ring (bicyclic) bond motifs is 1. The fourth-order valence-electron chi connectivity index (χ4n) is 5.22. The molecule has 8 heteroatoms. The number of carbonyl (C=O) groups is 2. The number of aromatic nitrogens is 1. The summed E-state index contributed by atoms with van der Waals surface area (Å²) in [6, 6.07) is 5.26. The van der Waals surface area contributed by atoms with Gasteiger partial charge >= 0.3 is 5.97 Å². The van der Waals surface area contributed by atoms with Gasteiger partial charge in [-0.3, -0.25) is 14.6 Å². The van der Waals surface area contributed by atoms with Crippen molar-refractivity contribution in [3.05, 3.63) is 35.1 Å². The van der Waals surface area contributed by atoms with Gasteiger partial charge in [0.25, 0.3) is 0 Å². The van der Waals surface area contributed by atoms with Crippen LogP contribution in [0.3, 0.4) is 0 Å². The number of hydrogen-bond acceptors (Lipinski definition) is 7. The second-order valence-electron chi connectivity index (χ2n) is 11.3. The molecule has 0 radical (unpaired) electrons. The molecule has 2 N–H and O–H groups in total. The van der Waals surface area contributed by atoms with E-state index in [0.29, 0.717) is 24.5 Å². The number of ether oxygens (including phenoxy) is 2. The van der Waals surface area contributed by atoms with Crippen molar-refractivity contribution in [2.75, 3.05) is 0 Å². The van der Waals surface area contributed by atoms with Crippen LogP contribution in [0.4, 0.5) is 0 Å². The number of epoxide rings is 1. The van der Waals surface area contributed by atoms with E-state index in [-0.39, 0.29) is 23.2 Å². The number of aliphatic hydroxyl groups is 2. The molecule has 36 heavy (non-hydrogen) atoms. The van der Waals surface area contributed by atoms with Gasteiger partial charge in [0.2, 0.25) is 5.79 Å². The molecule has 1 aromatic rings. The summed E-state index contributed by atoms with van der Waals surface area (Å²) >= 11 is 6.54. The van der Waals surface area contributed by atoms with E-state index in [2.05, 4.69) is 11.9 Å². The Morgan fingerprint density at radius 3 is 2.61 bits per heavy atom. The average Bonchev–Trinajstić information content (AvgIpc) is 3.40. The molecule has 2 saturated heterocycles. The van der Waals surface area contributed by atoms with Crippen molar-refractivity contribution in [2.24, 2.45) is 17.3 Å². The van der Waals surface area contributed by atoms with Crippen LogP contribution in [0.1, 0.15) is 85.3 Å². The van der Waals surface area contributed by atoms with Crippen molar-refractivity contribution in [3.63, 3.8) is 0 Å². The van der Waals surface area contributed by atoms with E-state index in [0.717, 1.165) is 25.7 Å². The van der Waals surface area contributed by atoms with Crippen LogP contribution in [-0.2, 0) is 19.1 Å². The van der Waals surface area contributed by atoms with E-state index in [1.165, 1.54) is 6.08 Å². The highest BCUT2D eigenvalue weighted by atomic mass is 35.5. The van der Waals surface area contributed by atoms with E-state index in [9.17, 15) is 19.8 Å². The Kier molecular flexibility index (Phi) is 9.03. The standard InChI is InChI=1S/C28H40ClNO6/c1-6-19-16-18(2)10-9-13-27(5)28(34,36-27)25(33)23(21(29)17-20-11-7-8-15-30-20)35-22(31)12-14-26(3,4)24(19)32/h7-8,11,15,17-19,23,25,33-34H,6,9-10,12-14,16H2,1-5H3. The van der Waals surface area contributed by atoms with Crippen molar-refractivity contribution in [3.8, 4) is 0 Å². The van der Waals surface area contributed by atoms with Crippen LogP contribution < -0.4 is 0 Å². The lowest BCUT2D eigenvalue weighted by atomic mass is 9.74. The molecule has 0 saturated carbocycles. The first kappa shape index (κ1) is 28.8. The Morgan fingerprint density at radius 2 is 1.97 bits per heavy atom. The molecule has 2 fully saturated rings. The second kappa shape index (κ2) is 11.3. The van der Waals surface area contributed by atoms with Crippen molar-refractivity contribution in [1.82, 2.24) is 4.98 Å². The van der Waals surface area contributed by atoms with E-state index >= 15 is 0 Å². The van der Waals surface area contributed by atoms with Crippen molar-refractivity contribution < 1.29 is 29.3 Å². The second-order valence-corrected chi connectivity index (χ2v) is 11.7. The molecule has 0 spiro atoms. The summed E-state index contributed by atoms with van der Waals surface area (Å²) < 4.78 is 11.3. The molecule has 1 aromatic heterocycles. The highest BCUT2D eigenvalue weighted by molar-refractivity contribution is 6.32. The maximum Gasteiger partial charge on any atom is 0.306 e. The van der Waals surface area contributed by atoms with Crippen LogP contribution in [0, 0.1) is 17.3 Å². The summed E-state index contributed by atoms with van der Waals surface area (Å²) in [5, 5.41) is 22.4. The molecule has 7 nitrogen and oxygen atoms in total. The number of ketones is 1. The van der Waals surface area contributed by atoms with Gasteiger partial charge in [-0.2, -0.15) is 0 Å². The number of hydrogen-bond donors (Lipinski definition) is 2. The molecule has 3 heterocycles. The average molecular weight is 522 g/mol. The van der Waals surface area contributed by atoms with Crippen molar-refractivity contribution in [1.29, 1.82) is 0 Å². The molecule has 2 aliphatic heterocycles. The molecule has 3 rings (SSSR count). The Morgan fingerprint density at radius 1 is 1.25 bits per heavy atom. The quantitative estimate of drug-likeness (QED) is 0.424. The number of aliphatic hydroxyl groups excluding tert-OH is 1. The van der Waals surface area contributed by atoms with Crippen molar-refractivity contribution >= 4 is 29.4 Å². The third-order valence-corrected chi connectivity index (χ3v) is 8.13. The predicted molar refractivity (Wildman–Crippen MR) is 138 cm³/mol. The van der Waals surface area contributed by atoms with Gasteiger partial charge in [-0.05, 0) is 56.7 Å². The summed E-state index contributed by atoms with van der Waals surface area (Å²) in [5.74, 6) is -2.12. The number of halogens is 1. The zero-order valence-corrected chi connectivity index (χ0v) is 22.8. The molecule has 0 amide bonds. The SMILES string of the molecule is CCC1CC(C)CCCC2(C)OC2(O)C(O)C(C(Cl)=Cc2ccccn2)OC(=O)CCC(C)(C)C1=O. The minimum atomic E-state index is -1.91. The molecule has 0 aliphatic carbocycles. The number of nitrogens with zero attached hydrogens (tertiary/aromatic N) is 1. The van der Waals surface area contributed by atoms with Crippen LogP contribution in [0.25, 0.3) is 6.08 Å². The number of rotatable bonds is 3. The summed E-state index contributed by atoms with van der Waals surface area (Å²) in [6.07, 6.45) is 4.05. The van der Waals surface area contributed by atoms with E-state index in [1.54, 1.807) is 31.3 Å². The van der Waals surface area contributed by atoms with Crippen LogP contribution in [-0.4, -0.2) is 50.5 Å². The Labute approximate surface area is 219 Å². The number of pyridine rings is 1. The van der Waals surface area contributed by atoms with Gasteiger partial charge in [-0.15, -0.1) is 0 Å². The molecule has 2 aliphatic rings. The third kappa shape index (κ3) is 6.36. The molecule has 6 unspecified atom stereocenters. The number of cyclic esters (lactones) is 1. The third-order valence-electron chi connectivity index (χ3n) is 7.81. The first-order valence-corrected chi connectivity index (χ1v) is 13.3. The highest BCUT2D eigenvalue weighted by Crippen LogP contribution is 2.53. The lowest BCUT2D eigenvalue weighted by Crippen LogP contribution is -2.46. The van der Waals surface area contributed by atoms with Gasteiger partial charge in [-0.1, -0.05) is 58.2 Å². The van der Waals surface area contributed by atoms with Gasteiger partial charge in [-0.25, -0.2) is 0 Å². The normalized spacial score (nSPS) is 36.6. The van der Waals surface area contributed by atoms with Gasteiger partial charge in [0.05, 0.1) is 10.7 Å². The zero-order valence-electron chi connectivity index (χ0n) is 22.0. The molecule has 200 valence electrons. The fraction of sp³-hybridized carbons (Fsp3) is 0.679. The van der Waals surface area contributed by atoms with Crippen molar-refractivity contribution in [2.45, 2.75) is 103 Å². The number of carbonyl (C=O) groups excluding carboxylic acids is 2. The predicted octanol–water partition coefficient (Wildman–Crippen LogP) is 5.02. The van der Waals surface area contributed by atoms with E-state index in [1.807, 2.05) is 20.8 Å². The number of Topliss-reactive ketones (excluding diaryl/α,β-unsaturated/α-hetero) is 1. The Bertz CT molecular complexity index is 966. The monoisotopic (exact) mass is 521 g/mol. The van der Waals surface area contributed by atoms with Gasteiger partial charge in [0, 0.05) is 24.0 Å². The maximum atomic E-state index is 13.3. The smallest absolute Gasteiger partial charge is 0.306 e. The summed E-state index contributed by atoms with van der Waals surface area (Å²) in [7, 11) is 0. The molecule has 6 atom stereocenters. The highest BCUT2D eigenvalue weighted by Gasteiger charge is 2.72. The van der Waals surface area contributed by atoms with Gasteiger partial charge in [0.1, 0.15) is 11.4 Å². The zero-order chi connectivity index (χ0) is 26.7.